The van der Waals surface area contributed by atoms with Crippen LogP contribution in [0.1, 0.15) is 11.4 Å². The van der Waals surface area contributed by atoms with Crippen LogP contribution in [0.4, 0.5) is 5.69 Å². The topological polar surface area (TPSA) is 81.4 Å². The van der Waals surface area contributed by atoms with E-state index in [9.17, 15) is 4.79 Å². The third kappa shape index (κ3) is 3.83. The first-order valence-electron chi connectivity index (χ1n) is 8.48. The van der Waals surface area contributed by atoms with Crippen LogP contribution in [0, 0.1) is 13.8 Å². The molecule has 0 saturated carbocycles. The van der Waals surface area contributed by atoms with Gasteiger partial charge in [0.05, 0.1) is 0 Å². The number of carbonyl (C=O) groups is 1. The fourth-order valence-corrected chi connectivity index (χ4v) is 3.76. The maximum Gasteiger partial charge on any atom is 0.262 e. The molecule has 2 aromatic carbocycles. The zero-order valence-corrected chi connectivity index (χ0v) is 16.7. The summed E-state index contributed by atoms with van der Waals surface area (Å²) in [4.78, 5) is 12.9. The maximum absolute atomic E-state index is 12.1. The van der Waals surface area contributed by atoms with Crippen molar-refractivity contribution < 1.29 is 9.53 Å². The Morgan fingerprint density at radius 3 is 2.68 bits per heavy atom. The molecule has 4 rings (SSSR count). The van der Waals surface area contributed by atoms with Crippen LogP contribution in [0.5, 0.6) is 5.75 Å². The summed E-state index contributed by atoms with van der Waals surface area (Å²) in [5, 5.41) is 16.8. The van der Waals surface area contributed by atoms with E-state index in [2.05, 4.69) is 20.6 Å². The van der Waals surface area contributed by atoms with Gasteiger partial charge in [-0.15, -0.1) is 10.2 Å². The van der Waals surface area contributed by atoms with Gasteiger partial charge in [-0.25, -0.2) is 0 Å². The molecular formula is C19H16ClN5O2S. The van der Waals surface area contributed by atoms with E-state index in [-0.39, 0.29) is 12.5 Å². The molecule has 0 aliphatic heterocycles. The summed E-state index contributed by atoms with van der Waals surface area (Å²) in [5.41, 5.74) is 2.51. The number of aromatic nitrogens is 4. The number of rotatable bonds is 5. The average Bonchev–Trinajstić information content (AvgIpc) is 3.24. The van der Waals surface area contributed by atoms with Crippen LogP contribution in [-0.2, 0) is 4.79 Å². The van der Waals surface area contributed by atoms with Crippen molar-refractivity contribution in [2.24, 2.45) is 0 Å². The van der Waals surface area contributed by atoms with Crippen molar-refractivity contribution in [1.82, 2.24) is 19.8 Å². The van der Waals surface area contributed by atoms with Gasteiger partial charge >= 0.3 is 0 Å². The number of benzene rings is 2. The number of hydrogen-bond acceptors (Lipinski definition) is 6. The van der Waals surface area contributed by atoms with Crippen molar-refractivity contribution in [3.05, 3.63) is 58.9 Å². The average molecular weight is 414 g/mol. The van der Waals surface area contributed by atoms with Gasteiger partial charge in [0.1, 0.15) is 10.8 Å². The molecule has 0 saturated heterocycles. The molecule has 0 unspecified atom stereocenters. The lowest BCUT2D eigenvalue weighted by molar-refractivity contribution is -0.118. The van der Waals surface area contributed by atoms with Gasteiger partial charge in [-0.3, -0.25) is 4.79 Å². The lowest BCUT2D eigenvalue weighted by Gasteiger charge is -2.10. The first kappa shape index (κ1) is 18.4. The van der Waals surface area contributed by atoms with E-state index < -0.39 is 0 Å². The Hall–Kier alpha value is -2.97. The second kappa shape index (κ2) is 7.57. The van der Waals surface area contributed by atoms with Crippen LogP contribution >= 0.6 is 22.9 Å². The summed E-state index contributed by atoms with van der Waals surface area (Å²) >= 11 is 7.38. The zero-order chi connectivity index (χ0) is 19.7. The predicted molar refractivity (Wildman–Crippen MR) is 109 cm³/mol. The fourth-order valence-electron chi connectivity index (χ4n) is 2.64. The number of ether oxygens (including phenoxy) is 1. The molecule has 0 aliphatic carbocycles. The smallest absolute Gasteiger partial charge is 0.262 e. The van der Waals surface area contributed by atoms with Gasteiger partial charge < -0.3 is 10.1 Å². The molecule has 0 spiro atoms. The third-order valence-electron chi connectivity index (χ3n) is 4.06. The minimum Gasteiger partial charge on any atom is -0.483 e. The first-order chi connectivity index (χ1) is 13.5. The number of nitrogens with zero attached hydrogens (tertiary/aromatic N) is 4. The molecule has 9 heteroatoms. The van der Waals surface area contributed by atoms with Crippen LogP contribution in [0.3, 0.4) is 0 Å². The molecule has 4 aromatic rings. The molecule has 1 N–H and O–H groups in total. The summed E-state index contributed by atoms with van der Waals surface area (Å²) in [6, 6.07) is 12.7. The fraction of sp³-hybridized carbons (Fsp3) is 0.158. The van der Waals surface area contributed by atoms with Crippen molar-refractivity contribution in [2.75, 3.05) is 11.9 Å². The van der Waals surface area contributed by atoms with E-state index in [1.807, 2.05) is 38.1 Å². The summed E-state index contributed by atoms with van der Waals surface area (Å²) in [6.45, 7) is 3.65. The summed E-state index contributed by atoms with van der Waals surface area (Å²) in [5.74, 6) is 1.14. The number of nitrogens with one attached hydrogen (secondary N) is 1. The highest BCUT2D eigenvalue weighted by atomic mass is 35.5. The second-order valence-electron chi connectivity index (χ2n) is 6.17. The number of fused-ring (bicyclic) bond motifs is 1. The van der Waals surface area contributed by atoms with Crippen LogP contribution in [0.2, 0.25) is 5.02 Å². The first-order valence-corrected chi connectivity index (χ1v) is 9.67. The molecule has 1 amide bonds. The molecule has 0 aliphatic rings. The van der Waals surface area contributed by atoms with E-state index in [1.54, 1.807) is 22.7 Å². The van der Waals surface area contributed by atoms with E-state index in [0.29, 0.717) is 16.5 Å². The Morgan fingerprint density at radius 2 is 1.96 bits per heavy atom. The van der Waals surface area contributed by atoms with Gasteiger partial charge in [-0.2, -0.15) is 9.61 Å². The number of anilines is 1. The number of halogens is 1. The van der Waals surface area contributed by atoms with Crippen molar-refractivity contribution in [1.29, 1.82) is 0 Å². The Kier molecular flexibility index (Phi) is 4.97. The molecule has 28 heavy (non-hydrogen) atoms. The normalized spacial score (nSPS) is 11.0. The summed E-state index contributed by atoms with van der Waals surface area (Å²) in [7, 11) is 0. The highest BCUT2D eigenvalue weighted by molar-refractivity contribution is 7.19. The lowest BCUT2D eigenvalue weighted by atomic mass is 10.2. The van der Waals surface area contributed by atoms with Crippen LogP contribution in [0.15, 0.2) is 42.5 Å². The molecule has 0 atom stereocenters. The van der Waals surface area contributed by atoms with Crippen LogP contribution in [-0.4, -0.2) is 32.3 Å². The molecule has 0 radical (unpaired) electrons. The zero-order valence-electron chi connectivity index (χ0n) is 15.1. The van der Waals surface area contributed by atoms with E-state index in [4.69, 9.17) is 16.3 Å². The largest absolute Gasteiger partial charge is 0.483 e. The monoisotopic (exact) mass is 413 g/mol. The number of amides is 1. The van der Waals surface area contributed by atoms with Crippen LogP contribution < -0.4 is 10.1 Å². The van der Waals surface area contributed by atoms with E-state index in [0.717, 1.165) is 26.9 Å². The predicted octanol–water partition coefficient (Wildman–Crippen LogP) is 4.14. The quantitative estimate of drug-likeness (QED) is 0.531. The number of aryl methyl sites for hydroxylation is 2. The Bertz CT molecular complexity index is 1150. The highest BCUT2D eigenvalue weighted by Crippen LogP contribution is 2.26. The number of carbonyl (C=O) groups excluding carboxylic acids is 1. The van der Waals surface area contributed by atoms with Crippen molar-refractivity contribution in [3.8, 4) is 16.3 Å². The second-order valence-corrected chi connectivity index (χ2v) is 7.57. The van der Waals surface area contributed by atoms with E-state index in [1.165, 1.54) is 11.3 Å². The van der Waals surface area contributed by atoms with Gasteiger partial charge in [0.25, 0.3) is 5.91 Å². The Morgan fingerprint density at radius 1 is 1.18 bits per heavy atom. The maximum atomic E-state index is 12.1. The minimum atomic E-state index is -0.239. The molecular weight excluding hydrogens is 398 g/mol. The van der Waals surface area contributed by atoms with Gasteiger partial charge in [0.2, 0.25) is 4.96 Å². The lowest BCUT2D eigenvalue weighted by Crippen LogP contribution is -2.20. The summed E-state index contributed by atoms with van der Waals surface area (Å²) in [6.07, 6.45) is 0. The van der Waals surface area contributed by atoms with Gasteiger partial charge in [-0.05, 0) is 61.9 Å². The Balaban J connectivity index is 1.39. The van der Waals surface area contributed by atoms with Crippen molar-refractivity contribution in [3.63, 3.8) is 0 Å². The van der Waals surface area contributed by atoms with Gasteiger partial charge in [0, 0.05) is 16.3 Å². The van der Waals surface area contributed by atoms with Gasteiger partial charge in [0.15, 0.2) is 12.4 Å². The number of hydrogen-bond donors (Lipinski definition) is 1. The standard InChI is InChI=1S/C19H16ClN5O2S/c1-11-9-14(20)5-8-16(11)27-10-17(26)21-15-6-3-13(4-7-15)18-24-25-12(2)22-23-19(25)28-18/h3-9H,10H2,1-2H3,(H,21,26). The van der Waals surface area contributed by atoms with Crippen molar-refractivity contribution >= 4 is 39.5 Å². The SMILES string of the molecule is Cc1cc(Cl)ccc1OCC(=O)Nc1ccc(-c2nn3c(C)nnc3s2)cc1. The molecule has 2 heterocycles. The third-order valence-corrected chi connectivity index (χ3v) is 5.24. The molecule has 7 nitrogen and oxygen atoms in total. The molecule has 0 bridgehead atoms. The highest BCUT2D eigenvalue weighted by Gasteiger charge is 2.11. The molecule has 2 aromatic heterocycles. The molecule has 142 valence electrons. The van der Waals surface area contributed by atoms with Crippen molar-refractivity contribution in [2.45, 2.75) is 13.8 Å². The van der Waals surface area contributed by atoms with Gasteiger partial charge in [-0.1, -0.05) is 22.9 Å². The summed E-state index contributed by atoms with van der Waals surface area (Å²) < 4.78 is 7.27. The van der Waals surface area contributed by atoms with E-state index >= 15 is 0 Å². The van der Waals surface area contributed by atoms with Crippen LogP contribution in [0.25, 0.3) is 15.5 Å². The molecule has 0 fully saturated rings. The minimum absolute atomic E-state index is 0.0832. The Labute approximate surface area is 169 Å².